The van der Waals surface area contributed by atoms with Crippen LogP contribution in [-0.4, -0.2) is 27.8 Å². The van der Waals surface area contributed by atoms with E-state index in [0.29, 0.717) is 17.8 Å². The van der Waals surface area contributed by atoms with Crippen LogP contribution in [0.4, 0.5) is 0 Å². The summed E-state index contributed by atoms with van der Waals surface area (Å²) in [4.78, 5) is 9.99. The van der Waals surface area contributed by atoms with Gasteiger partial charge in [-0.15, -0.1) is 11.5 Å². The van der Waals surface area contributed by atoms with Crippen molar-refractivity contribution in [3.63, 3.8) is 0 Å². The molecule has 1 radical (unpaired) electrons. The Bertz CT molecular complexity index is 2700. The van der Waals surface area contributed by atoms with Crippen molar-refractivity contribution in [3.8, 4) is 39.5 Å². The summed E-state index contributed by atoms with van der Waals surface area (Å²) in [5.41, 5.74) is 14.7. The fourth-order valence-corrected chi connectivity index (χ4v) is 12.3. The normalized spacial score (nSPS) is 12.0. The monoisotopic (exact) mass is 1060 g/mol. The molecule has 3 aromatic heterocycles. The Labute approximate surface area is 385 Å². The molecule has 317 valence electrons. The fourth-order valence-electron chi connectivity index (χ4n) is 8.12. The van der Waals surface area contributed by atoms with Crippen LogP contribution in [0.3, 0.4) is 0 Å². The van der Waals surface area contributed by atoms with E-state index in [2.05, 4.69) is 199 Å². The van der Waals surface area contributed by atoms with E-state index in [4.69, 9.17) is 9.97 Å². The number of aromatic nitrogens is 3. The Kier molecular flexibility index (Phi) is 14.5. The van der Waals surface area contributed by atoms with Crippen LogP contribution < -0.4 is 4.40 Å². The van der Waals surface area contributed by atoms with Crippen molar-refractivity contribution in [1.82, 2.24) is 14.5 Å². The molecule has 0 saturated heterocycles. The van der Waals surface area contributed by atoms with Crippen molar-refractivity contribution in [3.05, 3.63) is 155 Å². The molecule has 0 aliphatic heterocycles. The van der Waals surface area contributed by atoms with Crippen molar-refractivity contribution < 1.29 is 20.1 Å². The number of imidazole rings is 1. The van der Waals surface area contributed by atoms with Gasteiger partial charge in [0.15, 0.2) is 0 Å². The number of rotatable bonds is 9. The molecule has 3 nitrogen and oxygen atoms in total. The number of para-hydroxylation sites is 2. The summed E-state index contributed by atoms with van der Waals surface area (Å²) in [5, 5.41) is 4.90. The molecule has 6 heteroatoms. The smallest absolute Gasteiger partial charge is 0.0774 e. The van der Waals surface area contributed by atoms with E-state index >= 15 is 0 Å². The molecule has 3 heterocycles. The average molecular weight is 1060 g/mol. The minimum absolute atomic E-state index is 0. The molecule has 0 spiro atoms. The summed E-state index contributed by atoms with van der Waals surface area (Å²) < 4.78 is 5.21. The van der Waals surface area contributed by atoms with Crippen LogP contribution in [-0.2, 0) is 31.9 Å². The van der Waals surface area contributed by atoms with Crippen LogP contribution in [0, 0.1) is 17.4 Å². The first kappa shape index (κ1) is 46.4. The van der Waals surface area contributed by atoms with Crippen LogP contribution in [0.15, 0.2) is 121 Å². The summed E-state index contributed by atoms with van der Waals surface area (Å²) in [7, 11) is 0. The molecule has 0 amide bonds. The first-order valence-corrected chi connectivity index (χ1v) is 29.8. The van der Waals surface area contributed by atoms with Crippen LogP contribution in [0.1, 0.15) is 96.4 Å². The predicted octanol–water partition coefficient (Wildman–Crippen LogP) is 15.2. The average Bonchev–Trinajstić information content (AvgIpc) is 3.81. The number of nitrogens with zero attached hydrogens (tertiary/aromatic N) is 3. The number of thiophene rings is 1. The molecule has 0 atom stereocenters. The molecule has 0 fully saturated rings. The molecule has 8 rings (SSSR count). The van der Waals surface area contributed by atoms with Crippen LogP contribution in [0.25, 0.3) is 60.6 Å². The number of pyridine rings is 1. The summed E-state index contributed by atoms with van der Waals surface area (Å²) in [6, 6.07) is 44.6. The Morgan fingerprint density at radius 1 is 0.738 bits per heavy atom. The second-order valence-electron chi connectivity index (χ2n) is 19.3. The van der Waals surface area contributed by atoms with Gasteiger partial charge in [0.25, 0.3) is 0 Å². The van der Waals surface area contributed by atoms with Gasteiger partial charge in [0.05, 0.1) is 16.9 Å². The number of hydrogen-bond acceptors (Lipinski definition) is 3. The van der Waals surface area contributed by atoms with Crippen LogP contribution in [0.5, 0.6) is 0 Å². The first-order chi connectivity index (χ1) is 28.5. The second kappa shape index (κ2) is 19.1. The van der Waals surface area contributed by atoms with Gasteiger partial charge < -0.3 is 4.57 Å². The zero-order chi connectivity index (χ0) is 42.9. The Balaban J connectivity index is 0.000000250. The molecule has 8 aromatic rings. The summed E-state index contributed by atoms with van der Waals surface area (Å²) in [6.45, 7) is 20.6. The van der Waals surface area contributed by atoms with E-state index in [-0.39, 0.29) is 25.5 Å². The predicted molar refractivity (Wildman–Crippen MR) is 263 cm³/mol. The summed E-state index contributed by atoms with van der Waals surface area (Å²) in [5.74, 6) is 9.63. The summed E-state index contributed by atoms with van der Waals surface area (Å²) in [6.07, 6.45) is 3.27. The van der Waals surface area contributed by atoms with E-state index in [1.165, 1.54) is 49.2 Å². The van der Waals surface area contributed by atoms with Gasteiger partial charge >= 0.3 is 126 Å². The second-order valence-corrected chi connectivity index (χ2v) is 30.7. The third-order valence-electron chi connectivity index (χ3n) is 11.3. The van der Waals surface area contributed by atoms with Gasteiger partial charge in [-0.1, -0.05) is 124 Å². The maximum atomic E-state index is 5.29. The number of hydrogen-bond donors (Lipinski definition) is 0. The third kappa shape index (κ3) is 10.2. The molecular weight excluding hydrogens is 1000 g/mol. The van der Waals surface area contributed by atoms with Gasteiger partial charge in [0, 0.05) is 25.8 Å². The van der Waals surface area contributed by atoms with Crippen molar-refractivity contribution >= 4 is 50.1 Å². The van der Waals surface area contributed by atoms with Crippen LogP contribution in [0.2, 0.25) is 17.3 Å². The van der Waals surface area contributed by atoms with E-state index in [1.54, 1.807) is 15.7 Å². The summed E-state index contributed by atoms with van der Waals surface area (Å²) >= 11 is -0.174. The van der Waals surface area contributed by atoms with Gasteiger partial charge in [0.1, 0.15) is 0 Å². The molecular formula is C55H61GeIrN3S-2. The zero-order valence-electron chi connectivity index (χ0n) is 38.1. The minimum atomic E-state index is -1.86. The van der Waals surface area contributed by atoms with E-state index < -0.39 is 13.3 Å². The number of benzene rings is 5. The quantitative estimate of drug-likeness (QED) is 0.107. The van der Waals surface area contributed by atoms with Crippen molar-refractivity contribution in [2.24, 2.45) is 5.92 Å². The Morgan fingerprint density at radius 3 is 2.00 bits per heavy atom. The third-order valence-corrected chi connectivity index (χ3v) is 16.5. The maximum absolute atomic E-state index is 5.29. The van der Waals surface area contributed by atoms with E-state index in [0.717, 1.165) is 40.1 Å². The van der Waals surface area contributed by atoms with Gasteiger partial charge in [-0.2, -0.15) is 0 Å². The minimum Gasteiger partial charge on any atom is -0.333 e. The van der Waals surface area contributed by atoms with Crippen molar-refractivity contribution in [1.29, 1.82) is 0 Å². The molecule has 0 bridgehead atoms. The van der Waals surface area contributed by atoms with Crippen LogP contribution >= 0.6 is 11.3 Å². The Hall–Kier alpha value is -4.13. The van der Waals surface area contributed by atoms with Gasteiger partial charge in [-0.05, 0) is 63.8 Å². The van der Waals surface area contributed by atoms with E-state index in [1.807, 2.05) is 18.2 Å². The standard InChI is InChI=1S/C37H37N2S.C18H24GeN.Ir/c1-23(2)28-19-26(25-13-9-8-10-14-25)20-29(24(3)4)35(28)39-33-16-12-11-15-32(33)38-36(39)31-22-40-34-18-17-27(21-30(31)34)37(5,6)7;1-14(2)11-16-12-18(15-9-7-6-8-10-15)20-13-17(16)19(3,4)5;/h8-21,23-24H,1-7H3;6-9,12-14H,11H2,1-5H3;/q2*-1;. The van der Waals surface area contributed by atoms with E-state index in [9.17, 15) is 0 Å². The molecule has 61 heavy (non-hydrogen) atoms. The molecule has 0 aliphatic carbocycles. The molecule has 0 aliphatic rings. The fraction of sp³-hybridized carbons (Fsp3) is 0.309. The van der Waals surface area contributed by atoms with Gasteiger partial charge in [-0.25, -0.2) is 0 Å². The van der Waals surface area contributed by atoms with Crippen molar-refractivity contribution in [2.45, 2.75) is 103 Å². The zero-order valence-corrected chi connectivity index (χ0v) is 43.4. The molecule has 0 unspecified atom stereocenters. The molecule has 5 aromatic carbocycles. The Morgan fingerprint density at radius 2 is 1.39 bits per heavy atom. The number of fused-ring (bicyclic) bond motifs is 2. The maximum Gasteiger partial charge on any atom is 0.0774 e. The SMILES string of the molecule is CC(C)Cc1cc(-c2[c-]cccc2)nc[c]1[Ge]([CH3])([CH3])[CH3].CC(C)c1cc(-c2ccccc2)cc(C(C)C)c1-n1c(-c2[c-]sc3ccc(C(C)(C)C)cc23)nc2ccccc21.[Ir]. The topological polar surface area (TPSA) is 30.7 Å². The van der Waals surface area contributed by atoms with Crippen molar-refractivity contribution in [2.75, 3.05) is 0 Å². The van der Waals surface area contributed by atoms with Gasteiger partial charge in [0.2, 0.25) is 0 Å². The molecule has 0 N–H and O–H groups in total. The van der Waals surface area contributed by atoms with Gasteiger partial charge in [-0.3, -0.25) is 16.3 Å². The first-order valence-electron chi connectivity index (χ1n) is 21.6. The molecule has 0 saturated carbocycles. The largest absolute Gasteiger partial charge is 0.333 e.